The molecule has 0 fully saturated rings. The highest BCUT2D eigenvalue weighted by molar-refractivity contribution is 6.29. The summed E-state index contributed by atoms with van der Waals surface area (Å²) in [6, 6.07) is 3.60. The number of hydrogen-bond donors (Lipinski definition) is 2. The molecular formula is C10H9ClFNO2. The van der Waals surface area contributed by atoms with Gasteiger partial charge in [0.1, 0.15) is 5.82 Å². The third-order valence-corrected chi connectivity index (χ3v) is 1.82. The summed E-state index contributed by atoms with van der Waals surface area (Å²) in [5.74, 6) is -1.80. The van der Waals surface area contributed by atoms with Crippen LogP contribution in [0.4, 0.5) is 10.1 Å². The zero-order valence-corrected chi connectivity index (χ0v) is 8.51. The standard InChI is InChI=1S/C10H9ClFNO2/c1-6(11)5-13-9-3-2-7(10(14)15)4-8(9)12/h2-4,13H,1,5H2,(H,14,15). The first-order valence-electron chi connectivity index (χ1n) is 4.10. The van der Waals surface area contributed by atoms with Crippen LogP contribution in [-0.2, 0) is 0 Å². The summed E-state index contributed by atoms with van der Waals surface area (Å²) in [6.45, 7) is 3.66. The van der Waals surface area contributed by atoms with Gasteiger partial charge in [-0.25, -0.2) is 9.18 Å². The Labute approximate surface area is 91.2 Å². The summed E-state index contributed by atoms with van der Waals surface area (Å²) in [5, 5.41) is 11.6. The normalized spacial score (nSPS) is 9.73. The van der Waals surface area contributed by atoms with Gasteiger partial charge in [-0.3, -0.25) is 0 Å². The van der Waals surface area contributed by atoms with Crippen molar-refractivity contribution in [3.8, 4) is 0 Å². The maximum absolute atomic E-state index is 13.3. The SMILES string of the molecule is C=C(Cl)CNc1ccc(C(=O)O)cc1F. The van der Waals surface area contributed by atoms with E-state index in [1.54, 1.807) is 0 Å². The highest BCUT2D eigenvalue weighted by Gasteiger charge is 2.07. The molecule has 0 aliphatic carbocycles. The fraction of sp³-hybridized carbons (Fsp3) is 0.100. The van der Waals surface area contributed by atoms with Crippen molar-refractivity contribution in [1.82, 2.24) is 0 Å². The third-order valence-electron chi connectivity index (χ3n) is 1.69. The molecular weight excluding hydrogens is 221 g/mol. The van der Waals surface area contributed by atoms with Crippen LogP contribution < -0.4 is 5.32 Å². The lowest BCUT2D eigenvalue weighted by Gasteiger charge is -2.06. The number of carbonyl (C=O) groups is 1. The molecule has 0 aliphatic rings. The molecule has 1 rings (SSSR count). The number of hydrogen-bond acceptors (Lipinski definition) is 2. The minimum Gasteiger partial charge on any atom is -0.478 e. The van der Waals surface area contributed by atoms with Crippen molar-refractivity contribution in [3.05, 3.63) is 41.2 Å². The largest absolute Gasteiger partial charge is 0.478 e. The molecule has 2 N–H and O–H groups in total. The number of carboxylic acids is 1. The molecule has 0 aromatic heterocycles. The number of benzene rings is 1. The Hall–Kier alpha value is -1.55. The van der Waals surface area contributed by atoms with Gasteiger partial charge in [0.2, 0.25) is 0 Å². The van der Waals surface area contributed by atoms with Crippen LogP contribution in [0.5, 0.6) is 0 Å². The molecule has 15 heavy (non-hydrogen) atoms. The summed E-state index contributed by atoms with van der Waals surface area (Å²) in [4.78, 5) is 10.5. The minimum atomic E-state index is -1.16. The first-order chi connectivity index (χ1) is 7.00. The van der Waals surface area contributed by atoms with Gasteiger partial charge in [0.15, 0.2) is 0 Å². The molecule has 0 saturated heterocycles. The summed E-state index contributed by atoms with van der Waals surface area (Å²) in [6.07, 6.45) is 0. The van der Waals surface area contributed by atoms with Crippen molar-refractivity contribution in [2.24, 2.45) is 0 Å². The van der Waals surface area contributed by atoms with Crippen LogP contribution in [-0.4, -0.2) is 17.6 Å². The predicted octanol–water partition coefficient (Wildman–Crippen LogP) is 2.69. The number of carboxylic acid groups (broad SMARTS) is 1. The molecule has 0 radical (unpaired) electrons. The zero-order valence-electron chi connectivity index (χ0n) is 7.76. The van der Waals surface area contributed by atoms with Crippen molar-refractivity contribution in [2.45, 2.75) is 0 Å². The monoisotopic (exact) mass is 229 g/mol. The van der Waals surface area contributed by atoms with Gasteiger partial charge < -0.3 is 10.4 Å². The highest BCUT2D eigenvalue weighted by atomic mass is 35.5. The molecule has 80 valence electrons. The van der Waals surface area contributed by atoms with Gasteiger partial charge >= 0.3 is 5.97 Å². The lowest BCUT2D eigenvalue weighted by Crippen LogP contribution is -2.04. The van der Waals surface area contributed by atoms with Gasteiger partial charge in [0.05, 0.1) is 17.8 Å². The molecule has 0 atom stereocenters. The molecule has 0 saturated carbocycles. The highest BCUT2D eigenvalue weighted by Crippen LogP contribution is 2.16. The predicted molar refractivity (Wildman–Crippen MR) is 56.8 cm³/mol. The lowest BCUT2D eigenvalue weighted by atomic mass is 10.2. The molecule has 5 heteroatoms. The quantitative estimate of drug-likeness (QED) is 0.835. The molecule has 0 heterocycles. The Morgan fingerprint density at radius 2 is 2.27 bits per heavy atom. The second-order valence-corrected chi connectivity index (χ2v) is 3.41. The number of nitrogens with one attached hydrogen (secondary N) is 1. The van der Waals surface area contributed by atoms with Crippen LogP contribution >= 0.6 is 11.6 Å². The average Bonchev–Trinajstić information content (AvgIpc) is 2.15. The maximum Gasteiger partial charge on any atom is 0.335 e. The van der Waals surface area contributed by atoms with Crippen LogP contribution in [0, 0.1) is 5.82 Å². The van der Waals surface area contributed by atoms with E-state index >= 15 is 0 Å². The molecule has 1 aromatic rings. The van der Waals surface area contributed by atoms with Crippen LogP contribution in [0.3, 0.4) is 0 Å². The van der Waals surface area contributed by atoms with Gasteiger partial charge in [-0.1, -0.05) is 18.2 Å². The summed E-state index contributed by atoms with van der Waals surface area (Å²) < 4.78 is 13.3. The number of anilines is 1. The van der Waals surface area contributed by atoms with Crippen molar-refractivity contribution < 1.29 is 14.3 Å². The number of rotatable bonds is 4. The second-order valence-electron chi connectivity index (χ2n) is 2.87. The van der Waals surface area contributed by atoms with Crippen LogP contribution in [0.25, 0.3) is 0 Å². The Balaban J connectivity index is 2.83. The summed E-state index contributed by atoms with van der Waals surface area (Å²) in [7, 11) is 0. The fourth-order valence-electron chi connectivity index (χ4n) is 0.983. The number of aromatic carboxylic acids is 1. The fourth-order valence-corrected chi connectivity index (χ4v) is 1.05. The van der Waals surface area contributed by atoms with Crippen molar-refractivity contribution in [2.75, 3.05) is 11.9 Å². The van der Waals surface area contributed by atoms with E-state index in [9.17, 15) is 9.18 Å². The molecule has 1 aromatic carbocycles. The van der Waals surface area contributed by atoms with Crippen LogP contribution in [0.1, 0.15) is 10.4 Å². The third kappa shape index (κ3) is 3.25. The van der Waals surface area contributed by atoms with Gasteiger partial charge in [0, 0.05) is 5.03 Å². The van der Waals surface area contributed by atoms with E-state index in [1.165, 1.54) is 12.1 Å². The zero-order chi connectivity index (χ0) is 11.4. The van der Waals surface area contributed by atoms with Crippen molar-refractivity contribution in [3.63, 3.8) is 0 Å². The molecule has 0 unspecified atom stereocenters. The van der Waals surface area contributed by atoms with E-state index in [0.29, 0.717) is 5.03 Å². The van der Waals surface area contributed by atoms with E-state index in [2.05, 4.69) is 11.9 Å². The Morgan fingerprint density at radius 3 is 2.73 bits per heavy atom. The summed E-state index contributed by atoms with van der Waals surface area (Å²) >= 11 is 5.49. The van der Waals surface area contributed by atoms with Gasteiger partial charge in [0.25, 0.3) is 0 Å². The molecule has 0 amide bonds. The maximum atomic E-state index is 13.3. The van der Waals surface area contributed by atoms with E-state index in [-0.39, 0.29) is 17.8 Å². The van der Waals surface area contributed by atoms with Crippen molar-refractivity contribution >= 4 is 23.3 Å². The van der Waals surface area contributed by atoms with Gasteiger partial charge in [-0.2, -0.15) is 0 Å². The summed E-state index contributed by atoms with van der Waals surface area (Å²) in [5.41, 5.74) is 0.101. The Morgan fingerprint density at radius 1 is 1.60 bits per heavy atom. The topological polar surface area (TPSA) is 49.3 Å². The van der Waals surface area contributed by atoms with E-state index in [0.717, 1.165) is 6.07 Å². The van der Waals surface area contributed by atoms with E-state index < -0.39 is 11.8 Å². The minimum absolute atomic E-state index is 0.0947. The molecule has 3 nitrogen and oxygen atoms in total. The van der Waals surface area contributed by atoms with E-state index in [1.807, 2.05) is 0 Å². The molecule has 0 bridgehead atoms. The number of halogens is 2. The average molecular weight is 230 g/mol. The lowest BCUT2D eigenvalue weighted by molar-refractivity contribution is 0.0696. The molecule has 0 spiro atoms. The van der Waals surface area contributed by atoms with Crippen LogP contribution in [0.15, 0.2) is 29.8 Å². The second kappa shape index (κ2) is 4.79. The molecule has 0 aliphatic heterocycles. The Kier molecular flexibility index (Phi) is 3.68. The first kappa shape index (κ1) is 11.5. The smallest absolute Gasteiger partial charge is 0.335 e. The Bertz CT molecular complexity index is 406. The van der Waals surface area contributed by atoms with Gasteiger partial charge in [-0.15, -0.1) is 0 Å². The van der Waals surface area contributed by atoms with Crippen molar-refractivity contribution in [1.29, 1.82) is 0 Å². The van der Waals surface area contributed by atoms with Gasteiger partial charge in [-0.05, 0) is 18.2 Å². The first-order valence-corrected chi connectivity index (χ1v) is 4.48. The van der Waals surface area contributed by atoms with E-state index in [4.69, 9.17) is 16.7 Å². The van der Waals surface area contributed by atoms with Crippen LogP contribution in [0.2, 0.25) is 0 Å².